The van der Waals surface area contributed by atoms with Crippen LogP contribution in [0.15, 0.2) is 42.5 Å². The standard InChI is InChI=1S/C19H18ClNO6/c1-12(19(24)21-15-9-14(20)7-8-17(15)25-2)27-18(23)11-26-16-6-4-3-5-13(16)10-22/h3-10,12H,11H2,1-2H3,(H,21,24)/t12-/m1/s1. The van der Waals surface area contributed by atoms with Crippen LogP contribution in [0.5, 0.6) is 11.5 Å². The van der Waals surface area contributed by atoms with Crippen LogP contribution in [0.1, 0.15) is 17.3 Å². The Bertz CT molecular complexity index is 839. The SMILES string of the molecule is COc1ccc(Cl)cc1NC(=O)[C@@H](C)OC(=O)COc1ccccc1C=O. The molecule has 142 valence electrons. The fourth-order valence-electron chi connectivity index (χ4n) is 2.14. The van der Waals surface area contributed by atoms with Crippen LogP contribution in [-0.2, 0) is 14.3 Å². The molecule has 0 heterocycles. The van der Waals surface area contributed by atoms with Gasteiger partial charge in [-0.2, -0.15) is 0 Å². The lowest BCUT2D eigenvalue weighted by Crippen LogP contribution is -2.31. The Labute approximate surface area is 161 Å². The summed E-state index contributed by atoms with van der Waals surface area (Å²) in [5.41, 5.74) is 0.665. The second-order valence-corrected chi connectivity index (χ2v) is 5.85. The predicted octanol–water partition coefficient (Wildman–Crippen LogP) is 3.11. The molecule has 0 fully saturated rings. The van der Waals surface area contributed by atoms with Gasteiger partial charge in [-0.05, 0) is 37.3 Å². The van der Waals surface area contributed by atoms with E-state index in [1.807, 2.05) is 0 Å². The molecule has 27 heavy (non-hydrogen) atoms. The highest BCUT2D eigenvalue weighted by atomic mass is 35.5. The Kier molecular flexibility index (Phi) is 7.19. The minimum Gasteiger partial charge on any atom is -0.495 e. The number of ether oxygens (including phenoxy) is 3. The van der Waals surface area contributed by atoms with Gasteiger partial charge in [-0.15, -0.1) is 0 Å². The fourth-order valence-corrected chi connectivity index (χ4v) is 2.32. The average molecular weight is 392 g/mol. The molecule has 2 aromatic carbocycles. The van der Waals surface area contributed by atoms with Crippen molar-refractivity contribution in [2.75, 3.05) is 19.0 Å². The van der Waals surface area contributed by atoms with Gasteiger partial charge in [0.1, 0.15) is 11.5 Å². The number of benzene rings is 2. The van der Waals surface area contributed by atoms with Crippen molar-refractivity contribution in [3.63, 3.8) is 0 Å². The monoisotopic (exact) mass is 391 g/mol. The maximum Gasteiger partial charge on any atom is 0.344 e. The first-order valence-corrected chi connectivity index (χ1v) is 8.33. The van der Waals surface area contributed by atoms with E-state index in [2.05, 4.69) is 5.32 Å². The number of amides is 1. The van der Waals surface area contributed by atoms with Crippen LogP contribution in [-0.4, -0.2) is 38.0 Å². The maximum absolute atomic E-state index is 12.2. The zero-order valence-corrected chi connectivity index (χ0v) is 15.5. The number of esters is 1. The van der Waals surface area contributed by atoms with Crippen molar-refractivity contribution >= 4 is 35.5 Å². The first kappa shape index (κ1) is 20.3. The summed E-state index contributed by atoms with van der Waals surface area (Å²) in [6.07, 6.45) is -0.458. The molecule has 0 aliphatic heterocycles. The van der Waals surface area contributed by atoms with Crippen molar-refractivity contribution in [1.82, 2.24) is 0 Å². The molecule has 2 rings (SSSR count). The van der Waals surface area contributed by atoms with Crippen LogP contribution < -0.4 is 14.8 Å². The molecule has 0 unspecified atom stereocenters. The van der Waals surface area contributed by atoms with Gasteiger partial charge in [0, 0.05) is 5.02 Å². The van der Waals surface area contributed by atoms with E-state index in [0.29, 0.717) is 28.3 Å². The highest BCUT2D eigenvalue weighted by molar-refractivity contribution is 6.31. The van der Waals surface area contributed by atoms with Gasteiger partial charge in [-0.25, -0.2) is 4.79 Å². The average Bonchev–Trinajstić information content (AvgIpc) is 2.66. The number of para-hydroxylation sites is 1. The van der Waals surface area contributed by atoms with Crippen molar-refractivity contribution in [3.05, 3.63) is 53.1 Å². The van der Waals surface area contributed by atoms with Crippen LogP contribution in [0.2, 0.25) is 5.02 Å². The lowest BCUT2D eigenvalue weighted by atomic mass is 10.2. The molecule has 1 atom stereocenters. The van der Waals surface area contributed by atoms with E-state index in [4.69, 9.17) is 25.8 Å². The molecule has 0 saturated carbocycles. The summed E-state index contributed by atoms with van der Waals surface area (Å²) in [7, 11) is 1.46. The summed E-state index contributed by atoms with van der Waals surface area (Å²) in [4.78, 5) is 35.0. The highest BCUT2D eigenvalue weighted by Gasteiger charge is 2.20. The Hall–Kier alpha value is -3.06. The topological polar surface area (TPSA) is 90.9 Å². The molecule has 0 bridgehead atoms. The normalized spacial score (nSPS) is 11.2. The molecule has 2 aromatic rings. The molecule has 7 nitrogen and oxygen atoms in total. The Morgan fingerprint density at radius 2 is 1.93 bits per heavy atom. The number of carbonyl (C=O) groups excluding carboxylic acids is 3. The van der Waals surface area contributed by atoms with Crippen LogP contribution in [0.4, 0.5) is 5.69 Å². The maximum atomic E-state index is 12.2. The van der Waals surface area contributed by atoms with Gasteiger partial charge in [-0.1, -0.05) is 23.7 Å². The number of carbonyl (C=O) groups is 3. The van der Waals surface area contributed by atoms with E-state index >= 15 is 0 Å². The number of nitrogens with one attached hydrogen (secondary N) is 1. The van der Waals surface area contributed by atoms with Crippen LogP contribution in [0.25, 0.3) is 0 Å². The van der Waals surface area contributed by atoms with E-state index in [-0.39, 0.29) is 5.75 Å². The molecule has 0 aliphatic rings. The van der Waals surface area contributed by atoms with E-state index in [9.17, 15) is 14.4 Å². The number of anilines is 1. The van der Waals surface area contributed by atoms with Gasteiger partial charge >= 0.3 is 5.97 Å². The van der Waals surface area contributed by atoms with Crippen molar-refractivity contribution in [3.8, 4) is 11.5 Å². The molecular formula is C19H18ClNO6. The second-order valence-electron chi connectivity index (χ2n) is 5.41. The Balaban J connectivity index is 1.91. The second kappa shape index (κ2) is 9.59. The fraction of sp³-hybridized carbons (Fsp3) is 0.211. The first-order valence-electron chi connectivity index (χ1n) is 7.95. The molecule has 0 aliphatic carbocycles. The van der Waals surface area contributed by atoms with E-state index in [1.165, 1.54) is 20.1 Å². The van der Waals surface area contributed by atoms with Gasteiger partial charge in [0.25, 0.3) is 5.91 Å². The van der Waals surface area contributed by atoms with E-state index < -0.39 is 24.6 Å². The third kappa shape index (κ3) is 5.72. The van der Waals surface area contributed by atoms with Gasteiger partial charge in [0.2, 0.25) is 0 Å². The van der Waals surface area contributed by atoms with Crippen LogP contribution in [0, 0.1) is 0 Å². The van der Waals surface area contributed by atoms with E-state index in [0.717, 1.165) is 0 Å². The van der Waals surface area contributed by atoms with Crippen LogP contribution in [0.3, 0.4) is 0 Å². The summed E-state index contributed by atoms with van der Waals surface area (Å²) in [5, 5.41) is 3.00. The molecule has 1 amide bonds. The summed E-state index contributed by atoms with van der Waals surface area (Å²) in [5.74, 6) is -0.640. The minimum atomic E-state index is -1.08. The Morgan fingerprint density at radius 1 is 1.19 bits per heavy atom. The number of rotatable bonds is 8. The third-order valence-corrected chi connectivity index (χ3v) is 3.72. The van der Waals surface area contributed by atoms with Gasteiger partial charge in [0.15, 0.2) is 19.0 Å². The molecular weight excluding hydrogens is 374 g/mol. The molecule has 0 spiro atoms. The first-order chi connectivity index (χ1) is 12.9. The highest BCUT2D eigenvalue weighted by Crippen LogP contribution is 2.27. The van der Waals surface area contributed by atoms with Crippen molar-refractivity contribution in [2.45, 2.75) is 13.0 Å². The third-order valence-electron chi connectivity index (χ3n) is 3.49. The number of hydrogen-bond donors (Lipinski definition) is 1. The van der Waals surface area contributed by atoms with Crippen molar-refractivity contribution in [1.29, 1.82) is 0 Å². The smallest absolute Gasteiger partial charge is 0.344 e. The molecule has 1 N–H and O–H groups in total. The number of aldehydes is 1. The summed E-state index contributed by atoms with van der Waals surface area (Å²) in [6, 6.07) is 11.2. The molecule has 0 aromatic heterocycles. The molecule has 8 heteroatoms. The predicted molar refractivity (Wildman–Crippen MR) is 99.5 cm³/mol. The minimum absolute atomic E-state index is 0.255. The summed E-state index contributed by atoms with van der Waals surface area (Å²) >= 11 is 5.91. The van der Waals surface area contributed by atoms with Crippen molar-refractivity contribution < 1.29 is 28.6 Å². The van der Waals surface area contributed by atoms with E-state index in [1.54, 1.807) is 36.4 Å². The van der Waals surface area contributed by atoms with Gasteiger partial charge in [-0.3, -0.25) is 9.59 Å². The zero-order chi connectivity index (χ0) is 19.8. The zero-order valence-electron chi connectivity index (χ0n) is 14.7. The van der Waals surface area contributed by atoms with Gasteiger partial charge in [0.05, 0.1) is 18.4 Å². The molecule has 0 saturated heterocycles. The lowest BCUT2D eigenvalue weighted by molar-refractivity contribution is -0.155. The quantitative estimate of drug-likeness (QED) is 0.549. The summed E-state index contributed by atoms with van der Waals surface area (Å²) in [6.45, 7) is 0.979. The number of methoxy groups -OCH3 is 1. The molecule has 0 radical (unpaired) electrons. The van der Waals surface area contributed by atoms with Crippen LogP contribution >= 0.6 is 11.6 Å². The largest absolute Gasteiger partial charge is 0.495 e. The number of hydrogen-bond acceptors (Lipinski definition) is 6. The van der Waals surface area contributed by atoms with Gasteiger partial charge < -0.3 is 19.5 Å². The lowest BCUT2D eigenvalue weighted by Gasteiger charge is -2.15. The number of halogens is 1. The van der Waals surface area contributed by atoms with Crippen molar-refractivity contribution in [2.24, 2.45) is 0 Å². The Morgan fingerprint density at radius 3 is 2.63 bits per heavy atom. The summed E-state index contributed by atoms with van der Waals surface area (Å²) < 4.78 is 15.5.